The van der Waals surface area contributed by atoms with Gasteiger partial charge in [0.15, 0.2) is 0 Å². The molecule has 53 valence electrons. The normalized spacial score (nSPS) is 9.82. The van der Waals surface area contributed by atoms with Crippen LogP contribution in [-0.4, -0.2) is 10.2 Å². The van der Waals surface area contributed by atoms with Crippen molar-refractivity contribution in [3.63, 3.8) is 0 Å². The van der Waals surface area contributed by atoms with E-state index in [0.29, 0.717) is 0 Å². The molecule has 2 aromatic rings. The minimum atomic E-state index is 0.971. The van der Waals surface area contributed by atoms with Crippen LogP contribution in [0.15, 0.2) is 36.5 Å². The number of aromatic nitrogens is 2. The summed E-state index contributed by atoms with van der Waals surface area (Å²) in [4.78, 5) is 0. The molecule has 0 aliphatic carbocycles. The lowest BCUT2D eigenvalue weighted by Crippen LogP contribution is -1.75. The molecule has 2 rings (SSSR count). The maximum Gasteiger partial charge on any atom is 0.0920 e. The summed E-state index contributed by atoms with van der Waals surface area (Å²) in [6.45, 7) is 0. The first-order valence-corrected chi connectivity index (χ1v) is 3.43. The Hall–Kier alpha value is -1.57. The van der Waals surface area contributed by atoms with Gasteiger partial charge in [0.25, 0.3) is 0 Å². The number of nitrogens with zero attached hydrogens (tertiary/aromatic N) is 1. The van der Waals surface area contributed by atoms with E-state index in [4.69, 9.17) is 0 Å². The van der Waals surface area contributed by atoms with E-state index in [1.54, 1.807) is 0 Å². The van der Waals surface area contributed by atoms with Crippen LogP contribution in [0.2, 0.25) is 0 Å². The Labute approximate surface area is 64.9 Å². The molecule has 0 amide bonds. The topological polar surface area (TPSA) is 28.7 Å². The van der Waals surface area contributed by atoms with Crippen LogP contribution in [0.25, 0.3) is 11.3 Å². The molecule has 2 nitrogen and oxygen atoms in total. The molecular formula is C9H7N2. The lowest BCUT2D eigenvalue weighted by molar-refractivity contribution is 1.10. The third kappa shape index (κ3) is 1.15. The zero-order valence-corrected chi connectivity index (χ0v) is 5.91. The molecule has 0 atom stereocenters. The highest BCUT2D eigenvalue weighted by atomic mass is 15.1. The lowest BCUT2D eigenvalue weighted by Gasteiger charge is -1.91. The third-order valence-electron chi connectivity index (χ3n) is 1.51. The molecule has 0 fully saturated rings. The highest BCUT2D eigenvalue weighted by Gasteiger charge is 1.95. The van der Waals surface area contributed by atoms with E-state index in [1.807, 2.05) is 36.5 Å². The van der Waals surface area contributed by atoms with Crippen molar-refractivity contribution in [3.8, 4) is 11.3 Å². The SMILES string of the molecule is [c]1ccc(-c2cc[nH]n2)cc1. The van der Waals surface area contributed by atoms with Crippen molar-refractivity contribution >= 4 is 0 Å². The number of hydrogen-bond donors (Lipinski definition) is 1. The summed E-state index contributed by atoms with van der Waals surface area (Å²) in [7, 11) is 0. The predicted molar refractivity (Wildman–Crippen MR) is 42.9 cm³/mol. The molecule has 0 saturated heterocycles. The Bertz CT molecular complexity index is 311. The van der Waals surface area contributed by atoms with E-state index in [-0.39, 0.29) is 0 Å². The van der Waals surface area contributed by atoms with Crippen molar-refractivity contribution in [2.75, 3.05) is 0 Å². The number of benzene rings is 1. The fraction of sp³-hybridized carbons (Fsp3) is 0. The first-order valence-electron chi connectivity index (χ1n) is 3.43. The monoisotopic (exact) mass is 143 g/mol. The molecule has 1 radical (unpaired) electrons. The molecule has 0 bridgehead atoms. The lowest BCUT2D eigenvalue weighted by atomic mass is 10.2. The van der Waals surface area contributed by atoms with Crippen molar-refractivity contribution in [2.45, 2.75) is 0 Å². The number of aromatic amines is 1. The van der Waals surface area contributed by atoms with E-state index in [9.17, 15) is 0 Å². The van der Waals surface area contributed by atoms with Gasteiger partial charge in [-0.2, -0.15) is 5.10 Å². The van der Waals surface area contributed by atoms with Gasteiger partial charge in [-0.25, -0.2) is 0 Å². The second-order valence-corrected chi connectivity index (χ2v) is 2.25. The molecule has 1 aromatic carbocycles. The van der Waals surface area contributed by atoms with E-state index < -0.39 is 0 Å². The summed E-state index contributed by atoms with van der Waals surface area (Å²) in [5, 5.41) is 6.82. The van der Waals surface area contributed by atoms with Crippen LogP contribution in [0.3, 0.4) is 0 Å². The summed E-state index contributed by atoms with van der Waals surface area (Å²) >= 11 is 0. The molecule has 1 aromatic heterocycles. The van der Waals surface area contributed by atoms with E-state index in [0.717, 1.165) is 11.3 Å². The summed E-state index contributed by atoms with van der Waals surface area (Å²) in [5.41, 5.74) is 2.09. The number of rotatable bonds is 1. The average Bonchev–Trinajstić information content (AvgIpc) is 2.58. The van der Waals surface area contributed by atoms with Crippen LogP contribution < -0.4 is 0 Å². The Balaban J connectivity index is 2.46. The largest absolute Gasteiger partial charge is 0.285 e. The molecule has 1 heterocycles. The Morgan fingerprint density at radius 1 is 1.18 bits per heavy atom. The smallest absolute Gasteiger partial charge is 0.0920 e. The number of H-pyrrole nitrogens is 1. The van der Waals surface area contributed by atoms with Crippen LogP contribution in [0.4, 0.5) is 0 Å². The molecule has 11 heavy (non-hydrogen) atoms. The zero-order chi connectivity index (χ0) is 7.52. The van der Waals surface area contributed by atoms with Crippen molar-refractivity contribution in [1.29, 1.82) is 0 Å². The molecule has 0 unspecified atom stereocenters. The van der Waals surface area contributed by atoms with Crippen LogP contribution >= 0.6 is 0 Å². The zero-order valence-electron chi connectivity index (χ0n) is 5.91. The second-order valence-electron chi connectivity index (χ2n) is 2.25. The van der Waals surface area contributed by atoms with Gasteiger partial charge in [-0.1, -0.05) is 24.3 Å². The molecular weight excluding hydrogens is 136 g/mol. The molecule has 2 heteroatoms. The van der Waals surface area contributed by atoms with Crippen molar-refractivity contribution in [1.82, 2.24) is 10.2 Å². The minimum Gasteiger partial charge on any atom is -0.285 e. The van der Waals surface area contributed by atoms with E-state index in [1.165, 1.54) is 0 Å². The maximum atomic E-state index is 4.05. The highest BCUT2D eigenvalue weighted by molar-refractivity contribution is 5.57. The first kappa shape index (κ1) is 6.16. The van der Waals surface area contributed by atoms with Crippen LogP contribution in [0.1, 0.15) is 0 Å². The van der Waals surface area contributed by atoms with E-state index in [2.05, 4.69) is 16.3 Å². The van der Waals surface area contributed by atoms with Gasteiger partial charge in [0.1, 0.15) is 0 Å². The molecule has 0 aliphatic heterocycles. The summed E-state index contributed by atoms with van der Waals surface area (Å²) < 4.78 is 0. The average molecular weight is 143 g/mol. The fourth-order valence-corrected chi connectivity index (χ4v) is 0.979. The van der Waals surface area contributed by atoms with E-state index >= 15 is 0 Å². The quantitative estimate of drug-likeness (QED) is 0.648. The summed E-state index contributed by atoms with van der Waals surface area (Å²) in [6, 6.07) is 12.6. The van der Waals surface area contributed by atoms with Crippen molar-refractivity contribution in [3.05, 3.63) is 42.6 Å². The molecule has 0 spiro atoms. The van der Waals surface area contributed by atoms with Gasteiger partial charge in [0, 0.05) is 11.8 Å². The van der Waals surface area contributed by atoms with Crippen LogP contribution in [0, 0.1) is 6.07 Å². The van der Waals surface area contributed by atoms with Gasteiger partial charge in [-0.3, -0.25) is 5.10 Å². The maximum absolute atomic E-state index is 4.05. The van der Waals surface area contributed by atoms with Gasteiger partial charge < -0.3 is 0 Å². The van der Waals surface area contributed by atoms with Gasteiger partial charge in [0.2, 0.25) is 0 Å². The predicted octanol–water partition coefficient (Wildman–Crippen LogP) is 1.88. The Morgan fingerprint density at radius 2 is 2.00 bits per heavy atom. The molecule has 0 saturated carbocycles. The van der Waals surface area contributed by atoms with Gasteiger partial charge in [0.05, 0.1) is 5.69 Å². The second kappa shape index (κ2) is 2.58. The van der Waals surface area contributed by atoms with Gasteiger partial charge >= 0.3 is 0 Å². The Kier molecular flexibility index (Phi) is 1.44. The number of hydrogen-bond acceptors (Lipinski definition) is 1. The van der Waals surface area contributed by atoms with Crippen molar-refractivity contribution in [2.24, 2.45) is 0 Å². The summed E-state index contributed by atoms with van der Waals surface area (Å²) in [6.07, 6.45) is 1.81. The highest BCUT2D eigenvalue weighted by Crippen LogP contribution is 2.13. The standard InChI is InChI=1S/C9H7N2/c1-2-4-8(5-3-1)9-6-7-10-11-9/h2-7H,(H,10,11). The third-order valence-corrected chi connectivity index (χ3v) is 1.51. The number of nitrogens with one attached hydrogen (secondary N) is 1. The van der Waals surface area contributed by atoms with Crippen LogP contribution in [-0.2, 0) is 0 Å². The Morgan fingerprint density at radius 3 is 2.64 bits per heavy atom. The van der Waals surface area contributed by atoms with Crippen molar-refractivity contribution < 1.29 is 0 Å². The molecule has 1 N–H and O–H groups in total. The minimum absolute atomic E-state index is 0.971. The summed E-state index contributed by atoms with van der Waals surface area (Å²) in [5.74, 6) is 0. The first-order chi connectivity index (χ1) is 5.47. The molecule has 0 aliphatic rings. The van der Waals surface area contributed by atoms with Crippen LogP contribution in [0.5, 0.6) is 0 Å². The fourth-order valence-electron chi connectivity index (χ4n) is 0.979. The van der Waals surface area contributed by atoms with Gasteiger partial charge in [-0.15, -0.1) is 0 Å². The van der Waals surface area contributed by atoms with Gasteiger partial charge in [-0.05, 0) is 12.1 Å².